The first kappa shape index (κ1) is 52.3. The number of rotatable bonds is 39. The number of hydrogen-bond acceptors (Lipinski definition) is 5. The van der Waals surface area contributed by atoms with E-state index in [-0.39, 0.29) is 24.9 Å². The number of ether oxygens (including phenoxy) is 1. The predicted octanol–water partition coefficient (Wildman–Crippen LogP) is 13.1. The van der Waals surface area contributed by atoms with Crippen molar-refractivity contribution in [1.29, 1.82) is 0 Å². The summed E-state index contributed by atoms with van der Waals surface area (Å²) in [5, 5.41) is 23.6. The molecule has 0 spiro atoms. The molecule has 0 aliphatic heterocycles. The lowest BCUT2D eigenvalue weighted by Gasteiger charge is -2.24. The number of nitrogens with one attached hydrogen (secondary N) is 1. The summed E-state index contributed by atoms with van der Waals surface area (Å²) >= 11 is 0. The number of allylic oxidation sites excluding steroid dienone is 12. The van der Waals surface area contributed by atoms with Crippen LogP contribution in [0.1, 0.15) is 201 Å². The third kappa shape index (κ3) is 38.0. The maximum Gasteiger partial charge on any atom is 0.306 e. The lowest BCUT2D eigenvalue weighted by molar-refractivity contribution is -0.151. The number of esters is 1. The number of unbranched alkanes of at least 4 members (excludes halogenated alkanes) is 15. The molecule has 3 unspecified atom stereocenters. The Bertz CT molecular complexity index is 1040. The first-order valence-corrected chi connectivity index (χ1v) is 22.7. The van der Waals surface area contributed by atoms with E-state index < -0.39 is 18.2 Å². The second-order valence-electron chi connectivity index (χ2n) is 15.0. The van der Waals surface area contributed by atoms with Gasteiger partial charge in [-0.15, -0.1) is 0 Å². The van der Waals surface area contributed by atoms with E-state index in [0.717, 1.165) is 109 Å². The Morgan fingerprint density at radius 3 is 1.51 bits per heavy atom. The van der Waals surface area contributed by atoms with E-state index in [9.17, 15) is 19.8 Å². The van der Waals surface area contributed by atoms with Crippen LogP contribution in [0, 0.1) is 0 Å². The largest absolute Gasteiger partial charge is 0.462 e. The fraction of sp³-hybridized carbons (Fsp3) is 0.714. The Morgan fingerprint density at radius 2 is 0.982 bits per heavy atom. The van der Waals surface area contributed by atoms with Crippen LogP contribution in [0.5, 0.6) is 0 Å². The van der Waals surface area contributed by atoms with Gasteiger partial charge in [0.1, 0.15) is 6.10 Å². The molecule has 316 valence electrons. The van der Waals surface area contributed by atoms with Crippen molar-refractivity contribution in [2.75, 3.05) is 6.61 Å². The summed E-state index contributed by atoms with van der Waals surface area (Å²) in [6.07, 6.45) is 52.5. The standard InChI is InChI=1S/C49H85NO5/c1-4-7-10-13-16-19-22-24-25-27-30-33-36-39-42-49(54)55-45(40-37-34-31-28-26-23-20-17-14-11-8-5-2)43-48(53)50-46(44-51)47(52)41-38-35-32-29-21-18-15-12-9-6-3/h7-8,10-11,16-17,19-20,24-26,28,45-47,51-52H,4-6,9,12-15,18,21-23,27,29-44H2,1-3H3,(H,50,53)/b10-7+,11-8+,19-16+,20-17+,25-24+,28-26+. The third-order valence-electron chi connectivity index (χ3n) is 9.78. The summed E-state index contributed by atoms with van der Waals surface area (Å²) in [6.45, 7) is 6.20. The molecular formula is C49H85NO5. The zero-order valence-corrected chi connectivity index (χ0v) is 35.8. The van der Waals surface area contributed by atoms with Gasteiger partial charge in [0, 0.05) is 6.42 Å². The Balaban J connectivity index is 4.71. The first-order chi connectivity index (χ1) is 27.0. The molecule has 0 fully saturated rings. The lowest BCUT2D eigenvalue weighted by atomic mass is 10.0. The minimum atomic E-state index is -0.802. The van der Waals surface area contributed by atoms with Gasteiger partial charge in [0.05, 0.1) is 25.2 Å². The van der Waals surface area contributed by atoms with E-state index in [4.69, 9.17) is 4.74 Å². The van der Waals surface area contributed by atoms with Gasteiger partial charge < -0.3 is 20.3 Å². The number of aliphatic hydroxyl groups excluding tert-OH is 2. The zero-order chi connectivity index (χ0) is 40.3. The van der Waals surface area contributed by atoms with Gasteiger partial charge in [-0.05, 0) is 89.9 Å². The van der Waals surface area contributed by atoms with Crippen molar-refractivity contribution in [2.24, 2.45) is 0 Å². The van der Waals surface area contributed by atoms with Crippen LogP contribution >= 0.6 is 0 Å². The van der Waals surface area contributed by atoms with Crippen LogP contribution in [0.25, 0.3) is 0 Å². The van der Waals surface area contributed by atoms with Crippen LogP contribution < -0.4 is 5.32 Å². The van der Waals surface area contributed by atoms with E-state index in [1.165, 1.54) is 44.9 Å². The summed E-state index contributed by atoms with van der Waals surface area (Å²) in [4.78, 5) is 26.0. The summed E-state index contributed by atoms with van der Waals surface area (Å²) in [5.74, 6) is -0.547. The van der Waals surface area contributed by atoms with Crippen molar-refractivity contribution in [3.8, 4) is 0 Å². The Kier molecular flexibility index (Phi) is 40.4. The minimum Gasteiger partial charge on any atom is -0.462 e. The predicted molar refractivity (Wildman–Crippen MR) is 236 cm³/mol. The van der Waals surface area contributed by atoms with Gasteiger partial charge in [-0.2, -0.15) is 0 Å². The monoisotopic (exact) mass is 768 g/mol. The molecule has 0 saturated heterocycles. The fourth-order valence-electron chi connectivity index (χ4n) is 6.40. The van der Waals surface area contributed by atoms with Crippen molar-refractivity contribution in [2.45, 2.75) is 219 Å². The van der Waals surface area contributed by atoms with E-state index in [1.807, 2.05) is 0 Å². The molecule has 3 atom stereocenters. The number of amides is 1. The van der Waals surface area contributed by atoms with Crippen LogP contribution in [0.3, 0.4) is 0 Å². The molecule has 0 rings (SSSR count). The molecule has 0 heterocycles. The average Bonchev–Trinajstić information content (AvgIpc) is 3.18. The molecule has 0 aliphatic carbocycles. The highest BCUT2D eigenvalue weighted by molar-refractivity contribution is 5.77. The van der Waals surface area contributed by atoms with Crippen LogP contribution in [0.4, 0.5) is 0 Å². The summed E-state index contributed by atoms with van der Waals surface area (Å²) in [7, 11) is 0. The summed E-state index contributed by atoms with van der Waals surface area (Å²) in [6, 6.07) is -0.719. The van der Waals surface area contributed by atoms with Crippen LogP contribution in [-0.4, -0.2) is 46.9 Å². The molecule has 3 N–H and O–H groups in total. The number of aliphatic hydroxyl groups is 2. The normalized spacial score (nSPS) is 14.1. The van der Waals surface area contributed by atoms with Crippen LogP contribution in [0.15, 0.2) is 72.9 Å². The van der Waals surface area contributed by atoms with Crippen molar-refractivity contribution in [3.05, 3.63) is 72.9 Å². The zero-order valence-electron chi connectivity index (χ0n) is 35.8. The molecule has 55 heavy (non-hydrogen) atoms. The first-order valence-electron chi connectivity index (χ1n) is 22.7. The smallest absolute Gasteiger partial charge is 0.306 e. The maximum absolute atomic E-state index is 13.1. The Labute approximate surface area is 339 Å². The number of carbonyl (C=O) groups is 2. The highest BCUT2D eigenvalue weighted by Crippen LogP contribution is 2.16. The molecule has 0 aliphatic rings. The minimum absolute atomic E-state index is 0.0390. The van der Waals surface area contributed by atoms with E-state index in [0.29, 0.717) is 19.3 Å². The number of hydrogen-bond donors (Lipinski definition) is 3. The van der Waals surface area contributed by atoms with Crippen LogP contribution in [-0.2, 0) is 14.3 Å². The van der Waals surface area contributed by atoms with Crippen molar-refractivity contribution < 1.29 is 24.5 Å². The second-order valence-corrected chi connectivity index (χ2v) is 15.0. The van der Waals surface area contributed by atoms with Gasteiger partial charge in [-0.25, -0.2) is 0 Å². The van der Waals surface area contributed by atoms with Gasteiger partial charge in [-0.3, -0.25) is 9.59 Å². The third-order valence-corrected chi connectivity index (χ3v) is 9.78. The average molecular weight is 768 g/mol. The molecule has 0 bridgehead atoms. The molecule has 0 saturated carbocycles. The van der Waals surface area contributed by atoms with Gasteiger partial charge in [0.2, 0.25) is 5.91 Å². The van der Waals surface area contributed by atoms with E-state index in [1.54, 1.807) is 0 Å². The van der Waals surface area contributed by atoms with Crippen molar-refractivity contribution >= 4 is 11.9 Å². The van der Waals surface area contributed by atoms with Crippen molar-refractivity contribution in [3.63, 3.8) is 0 Å². The summed E-state index contributed by atoms with van der Waals surface area (Å²) < 4.78 is 5.87. The highest BCUT2D eigenvalue weighted by Gasteiger charge is 2.24. The molecule has 0 aromatic carbocycles. The number of carbonyl (C=O) groups excluding carboxylic acids is 2. The SMILES string of the molecule is CC/C=C/C/C=C/C/C=C/CCCCCCC(=O)OC(CCCC/C=C/C/C=C/C/C=C/CC)CC(=O)NC(CO)C(O)CCCCCCCCCCCC. The quantitative estimate of drug-likeness (QED) is 0.0329. The second kappa shape index (κ2) is 42.4. The molecule has 6 nitrogen and oxygen atoms in total. The lowest BCUT2D eigenvalue weighted by Crippen LogP contribution is -2.46. The highest BCUT2D eigenvalue weighted by atomic mass is 16.5. The van der Waals surface area contributed by atoms with Gasteiger partial charge in [0.15, 0.2) is 0 Å². The Hall–Kier alpha value is -2.70. The molecule has 0 radical (unpaired) electrons. The summed E-state index contributed by atoms with van der Waals surface area (Å²) in [5.41, 5.74) is 0. The fourth-order valence-corrected chi connectivity index (χ4v) is 6.40. The topological polar surface area (TPSA) is 95.9 Å². The molecule has 6 heteroatoms. The van der Waals surface area contributed by atoms with Gasteiger partial charge in [0.25, 0.3) is 0 Å². The Morgan fingerprint density at radius 1 is 0.545 bits per heavy atom. The van der Waals surface area contributed by atoms with Crippen molar-refractivity contribution in [1.82, 2.24) is 5.32 Å². The van der Waals surface area contributed by atoms with E-state index >= 15 is 0 Å². The molecule has 0 aromatic rings. The molecule has 1 amide bonds. The van der Waals surface area contributed by atoms with E-state index in [2.05, 4.69) is 99.0 Å². The van der Waals surface area contributed by atoms with Gasteiger partial charge in [-0.1, -0.05) is 171 Å². The maximum atomic E-state index is 13.1. The van der Waals surface area contributed by atoms with Gasteiger partial charge >= 0.3 is 5.97 Å². The molecule has 0 aromatic heterocycles. The molecular weight excluding hydrogens is 683 g/mol. The van der Waals surface area contributed by atoms with Crippen LogP contribution in [0.2, 0.25) is 0 Å².